The van der Waals surface area contributed by atoms with Crippen molar-refractivity contribution >= 4 is 6.29 Å². The second-order valence-corrected chi connectivity index (χ2v) is 3.67. The third kappa shape index (κ3) is 1.49. The van der Waals surface area contributed by atoms with Crippen LogP contribution in [0.3, 0.4) is 0 Å². The summed E-state index contributed by atoms with van der Waals surface area (Å²) in [4.78, 5) is 10.6. The Labute approximate surface area is 77.2 Å². The van der Waals surface area contributed by atoms with Gasteiger partial charge < -0.3 is 9.90 Å². The van der Waals surface area contributed by atoms with Gasteiger partial charge in [-0.25, -0.2) is 0 Å². The minimum absolute atomic E-state index is 0.465. The average Bonchev–Trinajstić information content (AvgIpc) is 2.18. The molecule has 0 heterocycles. The molecule has 2 heteroatoms. The molecule has 1 atom stereocenters. The third-order valence-corrected chi connectivity index (χ3v) is 2.66. The van der Waals surface area contributed by atoms with E-state index < -0.39 is 5.60 Å². The summed E-state index contributed by atoms with van der Waals surface area (Å²) in [5, 5.41) is 9.76. The van der Waals surface area contributed by atoms with Crippen LogP contribution in [0.5, 0.6) is 0 Å². The molecule has 0 saturated heterocycles. The van der Waals surface area contributed by atoms with E-state index in [9.17, 15) is 9.90 Å². The van der Waals surface area contributed by atoms with Crippen LogP contribution in [-0.4, -0.2) is 17.0 Å². The van der Waals surface area contributed by atoms with Gasteiger partial charge in [0, 0.05) is 6.42 Å². The minimum atomic E-state index is -1.12. The van der Waals surface area contributed by atoms with Crippen molar-refractivity contribution in [1.82, 2.24) is 0 Å². The van der Waals surface area contributed by atoms with Crippen molar-refractivity contribution in [2.75, 3.05) is 0 Å². The zero-order valence-electron chi connectivity index (χ0n) is 7.36. The Morgan fingerprint density at radius 1 is 1.31 bits per heavy atom. The van der Waals surface area contributed by atoms with Crippen molar-refractivity contribution in [2.45, 2.75) is 24.9 Å². The molecule has 0 bridgehead atoms. The molecule has 0 aromatic heterocycles. The van der Waals surface area contributed by atoms with E-state index in [1.807, 2.05) is 18.2 Å². The molecule has 0 spiro atoms. The molecule has 2 nitrogen and oxygen atoms in total. The fraction of sp³-hybridized carbons (Fsp3) is 0.364. The predicted molar refractivity (Wildman–Crippen MR) is 49.5 cm³/mol. The molecule has 0 amide bonds. The van der Waals surface area contributed by atoms with Crippen molar-refractivity contribution in [1.29, 1.82) is 0 Å². The Balaban J connectivity index is 2.34. The van der Waals surface area contributed by atoms with Crippen LogP contribution in [0.2, 0.25) is 0 Å². The zero-order chi connectivity index (χ0) is 9.31. The highest BCUT2D eigenvalue weighted by atomic mass is 16.3. The zero-order valence-corrected chi connectivity index (χ0v) is 7.36. The maximum atomic E-state index is 10.6. The van der Waals surface area contributed by atoms with Crippen LogP contribution in [0.4, 0.5) is 0 Å². The average molecular weight is 176 g/mol. The number of aldehydes is 1. The molecular weight excluding hydrogens is 164 g/mol. The normalized spacial score (nSPS) is 26.5. The number of carbonyl (C=O) groups is 1. The maximum Gasteiger partial charge on any atom is 0.151 e. The van der Waals surface area contributed by atoms with Crippen LogP contribution in [0.15, 0.2) is 24.3 Å². The molecule has 1 unspecified atom stereocenters. The monoisotopic (exact) mass is 176 g/mol. The van der Waals surface area contributed by atoms with Gasteiger partial charge in [0.2, 0.25) is 0 Å². The molecular formula is C11H12O2. The Kier molecular flexibility index (Phi) is 1.93. The largest absolute Gasteiger partial charge is 0.382 e. The number of aryl methyl sites for hydroxylation is 1. The SMILES string of the molecule is O=CC1(O)CCc2ccccc2C1. The summed E-state index contributed by atoms with van der Waals surface area (Å²) in [5.74, 6) is 0. The van der Waals surface area contributed by atoms with Crippen molar-refractivity contribution in [3.05, 3.63) is 35.4 Å². The topological polar surface area (TPSA) is 37.3 Å². The van der Waals surface area contributed by atoms with E-state index in [0.717, 1.165) is 12.0 Å². The molecule has 0 radical (unpaired) electrons. The summed E-state index contributed by atoms with van der Waals surface area (Å²) >= 11 is 0. The third-order valence-electron chi connectivity index (χ3n) is 2.66. The number of rotatable bonds is 1. The highest BCUT2D eigenvalue weighted by Gasteiger charge is 2.31. The number of benzene rings is 1. The molecule has 2 rings (SSSR count). The van der Waals surface area contributed by atoms with Crippen molar-refractivity contribution < 1.29 is 9.90 Å². The van der Waals surface area contributed by atoms with Gasteiger partial charge in [-0.3, -0.25) is 0 Å². The number of hydrogen-bond donors (Lipinski definition) is 1. The summed E-state index contributed by atoms with van der Waals surface area (Å²) < 4.78 is 0. The van der Waals surface area contributed by atoms with Crippen LogP contribution in [0, 0.1) is 0 Å². The lowest BCUT2D eigenvalue weighted by atomic mass is 9.81. The highest BCUT2D eigenvalue weighted by molar-refractivity contribution is 5.64. The maximum absolute atomic E-state index is 10.6. The van der Waals surface area contributed by atoms with E-state index in [1.165, 1.54) is 5.56 Å². The van der Waals surface area contributed by atoms with Crippen molar-refractivity contribution in [3.63, 3.8) is 0 Å². The van der Waals surface area contributed by atoms with E-state index in [4.69, 9.17) is 0 Å². The van der Waals surface area contributed by atoms with Crippen LogP contribution in [0.1, 0.15) is 17.5 Å². The molecule has 68 valence electrons. The Bertz CT molecular complexity index is 333. The fourth-order valence-electron chi connectivity index (χ4n) is 1.84. The van der Waals surface area contributed by atoms with Crippen molar-refractivity contribution in [3.8, 4) is 0 Å². The fourth-order valence-corrected chi connectivity index (χ4v) is 1.84. The minimum Gasteiger partial charge on any atom is -0.382 e. The van der Waals surface area contributed by atoms with E-state index in [2.05, 4.69) is 6.07 Å². The molecule has 1 aliphatic carbocycles. The lowest BCUT2D eigenvalue weighted by Crippen LogP contribution is -2.37. The molecule has 13 heavy (non-hydrogen) atoms. The van der Waals surface area contributed by atoms with E-state index in [0.29, 0.717) is 19.1 Å². The first-order valence-corrected chi connectivity index (χ1v) is 4.49. The number of fused-ring (bicyclic) bond motifs is 1. The van der Waals surface area contributed by atoms with Crippen molar-refractivity contribution in [2.24, 2.45) is 0 Å². The summed E-state index contributed by atoms with van der Waals surface area (Å²) in [6.07, 6.45) is 2.48. The van der Waals surface area contributed by atoms with Gasteiger partial charge in [0.05, 0.1) is 0 Å². The highest BCUT2D eigenvalue weighted by Crippen LogP contribution is 2.26. The smallest absolute Gasteiger partial charge is 0.151 e. The first kappa shape index (κ1) is 8.45. The second kappa shape index (κ2) is 2.96. The first-order chi connectivity index (χ1) is 6.23. The van der Waals surface area contributed by atoms with Gasteiger partial charge >= 0.3 is 0 Å². The summed E-state index contributed by atoms with van der Waals surface area (Å²) in [6, 6.07) is 7.96. The molecule has 1 aromatic rings. The number of hydrogen-bond acceptors (Lipinski definition) is 2. The second-order valence-electron chi connectivity index (χ2n) is 3.67. The Morgan fingerprint density at radius 2 is 2.00 bits per heavy atom. The van der Waals surface area contributed by atoms with Gasteiger partial charge in [0.15, 0.2) is 6.29 Å². The van der Waals surface area contributed by atoms with Gasteiger partial charge in [-0.05, 0) is 24.0 Å². The van der Waals surface area contributed by atoms with Gasteiger partial charge in [-0.2, -0.15) is 0 Å². The Morgan fingerprint density at radius 3 is 2.69 bits per heavy atom. The standard InChI is InChI=1S/C11H12O2/c12-8-11(13)6-5-9-3-1-2-4-10(9)7-11/h1-4,8,13H,5-7H2. The predicted octanol–water partition coefficient (Wildman–Crippen LogP) is 1.11. The summed E-state index contributed by atoms with van der Waals surface area (Å²) in [6.45, 7) is 0. The van der Waals surface area contributed by atoms with Crippen LogP contribution in [0.25, 0.3) is 0 Å². The molecule has 0 aliphatic heterocycles. The summed E-state index contributed by atoms with van der Waals surface area (Å²) in [5.41, 5.74) is 1.24. The van der Waals surface area contributed by atoms with E-state index in [1.54, 1.807) is 0 Å². The molecule has 1 aromatic carbocycles. The van der Waals surface area contributed by atoms with E-state index in [-0.39, 0.29) is 0 Å². The van der Waals surface area contributed by atoms with Crippen LogP contribution < -0.4 is 0 Å². The molecule has 1 aliphatic rings. The summed E-state index contributed by atoms with van der Waals surface area (Å²) in [7, 11) is 0. The van der Waals surface area contributed by atoms with Gasteiger partial charge in [-0.1, -0.05) is 24.3 Å². The van der Waals surface area contributed by atoms with Gasteiger partial charge in [0.25, 0.3) is 0 Å². The van der Waals surface area contributed by atoms with E-state index >= 15 is 0 Å². The number of aliphatic hydroxyl groups is 1. The molecule has 0 fully saturated rings. The Hall–Kier alpha value is -1.15. The van der Waals surface area contributed by atoms with Crippen LogP contribution >= 0.6 is 0 Å². The molecule has 0 saturated carbocycles. The number of carbonyl (C=O) groups excluding carboxylic acids is 1. The van der Waals surface area contributed by atoms with Gasteiger partial charge in [-0.15, -0.1) is 0 Å². The lowest BCUT2D eigenvalue weighted by Gasteiger charge is -2.28. The van der Waals surface area contributed by atoms with Gasteiger partial charge in [0.1, 0.15) is 5.60 Å². The van der Waals surface area contributed by atoms with Crippen LogP contribution in [-0.2, 0) is 17.6 Å². The quantitative estimate of drug-likeness (QED) is 0.651. The first-order valence-electron chi connectivity index (χ1n) is 4.49. The lowest BCUT2D eigenvalue weighted by molar-refractivity contribution is -0.125. The molecule has 1 N–H and O–H groups in total.